The molecule has 2 aromatic rings. The number of sulfonamides is 1. The van der Waals surface area contributed by atoms with Gasteiger partial charge in [-0.25, -0.2) is 8.42 Å². The van der Waals surface area contributed by atoms with E-state index in [0.717, 1.165) is 12.0 Å². The molecule has 6 nitrogen and oxygen atoms in total. The number of ether oxygens (including phenoxy) is 1. The largest absolute Gasteiger partial charge is 0.379 e. The van der Waals surface area contributed by atoms with Crippen molar-refractivity contribution < 1.29 is 17.9 Å². The Labute approximate surface area is 172 Å². The van der Waals surface area contributed by atoms with Crippen molar-refractivity contribution in [2.24, 2.45) is 0 Å². The van der Waals surface area contributed by atoms with Crippen LogP contribution in [-0.4, -0.2) is 51.5 Å². The van der Waals surface area contributed by atoms with Gasteiger partial charge in [-0.1, -0.05) is 42.0 Å². The van der Waals surface area contributed by atoms with Crippen molar-refractivity contribution >= 4 is 15.9 Å². The molecule has 1 aliphatic heterocycles. The van der Waals surface area contributed by atoms with E-state index in [2.05, 4.69) is 30.4 Å². The van der Waals surface area contributed by atoms with Gasteiger partial charge in [-0.15, -0.1) is 0 Å². The highest BCUT2D eigenvalue weighted by Gasteiger charge is 2.26. The van der Waals surface area contributed by atoms with Crippen LogP contribution in [0.1, 0.15) is 23.1 Å². The first-order valence-electron chi connectivity index (χ1n) is 9.94. The van der Waals surface area contributed by atoms with Gasteiger partial charge in [-0.2, -0.15) is 4.31 Å². The Kier molecular flexibility index (Phi) is 7.41. The summed E-state index contributed by atoms with van der Waals surface area (Å²) < 4.78 is 31.9. The molecule has 1 N–H and O–H groups in total. The molecule has 29 heavy (non-hydrogen) atoms. The Bertz CT molecular complexity index is 920. The van der Waals surface area contributed by atoms with Gasteiger partial charge in [-0.05, 0) is 43.0 Å². The summed E-state index contributed by atoms with van der Waals surface area (Å²) in [5.74, 6) is 0.00247. The predicted molar refractivity (Wildman–Crippen MR) is 112 cm³/mol. The lowest BCUT2D eigenvalue weighted by atomic mass is 10.1. The third-order valence-electron chi connectivity index (χ3n) is 4.99. The number of hydrogen-bond acceptors (Lipinski definition) is 4. The monoisotopic (exact) mass is 416 g/mol. The Morgan fingerprint density at radius 1 is 1.03 bits per heavy atom. The topological polar surface area (TPSA) is 75.7 Å². The van der Waals surface area contributed by atoms with E-state index in [1.165, 1.54) is 15.4 Å². The van der Waals surface area contributed by atoms with Crippen LogP contribution in [-0.2, 0) is 32.4 Å². The molecule has 0 spiro atoms. The second-order valence-corrected chi connectivity index (χ2v) is 9.19. The van der Waals surface area contributed by atoms with Crippen molar-refractivity contribution in [2.45, 2.75) is 31.1 Å². The second kappa shape index (κ2) is 10.0. The lowest BCUT2D eigenvalue weighted by Crippen LogP contribution is -2.40. The summed E-state index contributed by atoms with van der Waals surface area (Å²) >= 11 is 0. The lowest BCUT2D eigenvalue weighted by molar-refractivity contribution is -0.121. The fourth-order valence-corrected chi connectivity index (χ4v) is 4.73. The van der Waals surface area contributed by atoms with E-state index in [0.29, 0.717) is 45.7 Å². The van der Waals surface area contributed by atoms with Gasteiger partial charge >= 0.3 is 0 Å². The van der Waals surface area contributed by atoms with Gasteiger partial charge in [0, 0.05) is 26.1 Å². The minimum Gasteiger partial charge on any atom is -0.379 e. The van der Waals surface area contributed by atoms with Crippen LogP contribution in [0.25, 0.3) is 0 Å². The molecule has 1 saturated heterocycles. The van der Waals surface area contributed by atoms with Crippen LogP contribution >= 0.6 is 0 Å². The van der Waals surface area contributed by atoms with E-state index in [1.807, 2.05) is 6.07 Å². The minimum atomic E-state index is -3.48. The SMILES string of the molecule is Cc1cccc(CCNC(=O)CCc2ccc(S(=O)(=O)N3CCOCC3)cc2)c1. The maximum absolute atomic E-state index is 12.6. The molecule has 0 saturated carbocycles. The zero-order valence-electron chi connectivity index (χ0n) is 16.8. The van der Waals surface area contributed by atoms with E-state index >= 15 is 0 Å². The number of nitrogens with one attached hydrogen (secondary N) is 1. The van der Waals surface area contributed by atoms with Crippen LogP contribution in [0.4, 0.5) is 0 Å². The standard InChI is InChI=1S/C22H28N2O4S/c1-18-3-2-4-20(17-18)11-12-23-22(25)10-7-19-5-8-21(9-6-19)29(26,27)24-13-15-28-16-14-24/h2-6,8-9,17H,7,10-16H2,1H3,(H,23,25). The van der Waals surface area contributed by atoms with Crippen molar-refractivity contribution in [1.82, 2.24) is 9.62 Å². The maximum Gasteiger partial charge on any atom is 0.243 e. The lowest BCUT2D eigenvalue weighted by Gasteiger charge is -2.26. The van der Waals surface area contributed by atoms with E-state index in [1.54, 1.807) is 24.3 Å². The quantitative estimate of drug-likeness (QED) is 0.717. The van der Waals surface area contributed by atoms with Crippen LogP contribution in [0, 0.1) is 6.92 Å². The maximum atomic E-state index is 12.6. The summed E-state index contributed by atoms with van der Waals surface area (Å²) in [5, 5.41) is 2.95. The van der Waals surface area contributed by atoms with Crippen LogP contribution < -0.4 is 5.32 Å². The molecule has 1 amide bonds. The van der Waals surface area contributed by atoms with Gasteiger partial charge in [0.1, 0.15) is 0 Å². The van der Waals surface area contributed by atoms with Crippen molar-refractivity contribution in [2.75, 3.05) is 32.8 Å². The number of nitrogens with zero attached hydrogens (tertiary/aromatic N) is 1. The summed E-state index contributed by atoms with van der Waals surface area (Å²) in [6, 6.07) is 15.1. The molecule has 156 valence electrons. The number of amides is 1. The molecular weight excluding hydrogens is 388 g/mol. The summed E-state index contributed by atoms with van der Waals surface area (Å²) in [7, 11) is -3.48. The first-order valence-corrected chi connectivity index (χ1v) is 11.4. The molecule has 1 fully saturated rings. The minimum absolute atomic E-state index is 0.00247. The average Bonchev–Trinajstić information content (AvgIpc) is 2.73. The fraction of sp³-hybridized carbons (Fsp3) is 0.409. The number of benzene rings is 2. The first-order chi connectivity index (χ1) is 13.9. The number of rotatable bonds is 8. The fourth-order valence-electron chi connectivity index (χ4n) is 3.32. The van der Waals surface area contributed by atoms with Crippen molar-refractivity contribution in [1.29, 1.82) is 0 Å². The number of carbonyl (C=O) groups excluding carboxylic acids is 1. The molecule has 7 heteroatoms. The van der Waals surface area contributed by atoms with Crippen molar-refractivity contribution in [3.63, 3.8) is 0 Å². The van der Waals surface area contributed by atoms with Gasteiger partial charge in [0.2, 0.25) is 15.9 Å². The van der Waals surface area contributed by atoms with Gasteiger partial charge < -0.3 is 10.1 Å². The summed E-state index contributed by atoms with van der Waals surface area (Å²) in [6.07, 6.45) is 1.76. The van der Waals surface area contributed by atoms with Crippen LogP contribution in [0.5, 0.6) is 0 Å². The summed E-state index contributed by atoms with van der Waals surface area (Å²) in [6.45, 7) is 4.28. The van der Waals surface area contributed by atoms with Crippen LogP contribution in [0.2, 0.25) is 0 Å². The molecule has 0 aliphatic carbocycles. The number of carbonyl (C=O) groups is 1. The van der Waals surface area contributed by atoms with Crippen LogP contribution in [0.15, 0.2) is 53.4 Å². The number of aryl methyl sites for hydroxylation is 2. The third kappa shape index (κ3) is 6.13. The van der Waals surface area contributed by atoms with Crippen LogP contribution in [0.3, 0.4) is 0 Å². The molecule has 0 atom stereocenters. The smallest absolute Gasteiger partial charge is 0.243 e. The number of morpholine rings is 1. The van der Waals surface area contributed by atoms with Crippen molar-refractivity contribution in [3.05, 3.63) is 65.2 Å². The predicted octanol–water partition coefficient (Wildman–Crippen LogP) is 2.31. The van der Waals surface area contributed by atoms with Gasteiger partial charge in [0.25, 0.3) is 0 Å². The zero-order valence-corrected chi connectivity index (χ0v) is 17.6. The first kappa shape index (κ1) is 21.5. The van der Waals surface area contributed by atoms with E-state index < -0.39 is 10.0 Å². The Hall–Kier alpha value is -2.22. The Balaban J connectivity index is 1.45. The van der Waals surface area contributed by atoms with E-state index in [4.69, 9.17) is 4.74 Å². The molecule has 1 heterocycles. The molecular formula is C22H28N2O4S. The Morgan fingerprint density at radius 3 is 2.45 bits per heavy atom. The highest BCUT2D eigenvalue weighted by atomic mass is 32.2. The summed E-state index contributed by atoms with van der Waals surface area (Å²) in [4.78, 5) is 12.4. The molecule has 0 aromatic heterocycles. The van der Waals surface area contributed by atoms with Gasteiger partial charge in [0.15, 0.2) is 0 Å². The highest BCUT2D eigenvalue weighted by Crippen LogP contribution is 2.18. The number of hydrogen-bond donors (Lipinski definition) is 1. The normalized spacial score (nSPS) is 15.2. The third-order valence-corrected chi connectivity index (χ3v) is 6.90. The van der Waals surface area contributed by atoms with Crippen molar-refractivity contribution in [3.8, 4) is 0 Å². The average molecular weight is 417 g/mol. The second-order valence-electron chi connectivity index (χ2n) is 7.25. The van der Waals surface area contributed by atoms with Gasteiger partial charge in [-0.3, -0.25) is 4.79 Å². The molecule has 0 unspecified atom stereocenters. The molecule has 1 aliphatic rings. The highest BCUT2D eigenvalue weighted by molar-refractivity contribution is 7.89. The zero-order chi connectivity index (χ0) is 20.7. The molecule has 0 bridgehead atoms. The molecule has 0 radical (unpaired) electrons. The Morgan fingerprint density at radius 2 is 1.76 bits per heavy atom. The summed E-state index contributed by atoms with van der Waals surface area (Å²) in [5.41, 5.74) is 3.37. The van der Waals surface area contributed by atoms with Gasteiger partial charge in [0.05, 0.1) is 18.1 Å². The molecule has 3 rings (SSSR count). The van der Waals surface area contributed by atoms with E-state index in [-0.39, 0.29) is 10.8 Å². The molecule has 2 aromatic carbocycles. The van der Waals surface area contributed by atoms with E-state index in [9.17, 15) is 13.2 Å².